The van der Waals surface area contributed by atoms with Crippen molar-refractivity contribution in [2.24, 2.45) is 0 Å². The van der Waals surface area contributed by atoms with Crippen LogP contribution in [0.15, 0.2) is 47.3 Å². The van der Waals surface area contributed by atoms with Crippen LogP contribution in [-0.2, 0) is 4.79 Å². The molecule has 2 aromatic carbocycles. The lowest BCUT2D eigenvalue weighted by Gasteiger charge is -2.27. The maximum Gasteiger partial charge on any atom is 0.266 e. The van der Waals surface area contributed by atoms with Gasteiger partial charge in [0.25, 0.3) is 5.56 Å². The number of aromatic nitrogens is 2. The topological polar surface area (TPSA) is 55.2 Å². The van der Waals surface area contributed by atoms with Crippen LogP contribution < -0.4 is 5.56 Å². The minimum atomic E-state index is -0.335. The summed E-state index contributed by atoms with van der Waals surface area (Å²) in [4.78, 5) is 32.3. The lowest BCUT2D eigenvalue weighted by molar-refractivity contribution is -0.132. The zero-order chi connectivity index (χ0) is 20.4. The lowest BCUT2D eigenvalue weighted by Crippen LogP contribution is -2.34. The fourth-order valence-corrected chi connectivity index (χ4v) is 3.32. The standard InChI is InChI=1S/C23H27N3O2/c1-6-9-21(27)25(5)17(4)22-24-20-11-8-7-10-19(20)23(28)26(22)18-13-12-15(2)16(3)14-18/h7-8,10-14,17H,6,9H2,1-5H3. The van der Waals surface area contributed by atoms with E-state index >= 15 is 0 Å². The summed E-state index contributed by atoms with van der Waals surface area (Å²) in [5.41, 5.74) is 3.56. The Morgan fingerprint density at radius 1 is 1.14 bits per heavy atom. The van der Waals surface area contributed by atoms with Gasteiger partial charge in [-0.1, -0.05) is 25.1 Å². The van der Waals surface area contributed by atoms with Gasteiger partial charge in [0.05, 0.1) is 22.6 Å². The predicted molar refractivity (Wildman–Crippen MR) is 113 cm³/mol. The molecule has 5 nitrogen and oxygen atoms in total. The van der Waals surface area contributed by atoms with Crippen molar-refractivity contribution in [1.29, 1.82) is 0 Å². The SMILES string of the molecule is CCCC(=O)N(C)C(C)c1nc2ccccc2c(=O)n1-c1ccc(C)c(C)c1. The molecule has 0 saturated heterocycles. The molecular weight excluding hydrogens is 350 g/mol. The van der Waals surface area contributed by atoms with Gasteiger partial charge in [-0.3, -0.25) is 14.2 Å². The van der Waals surface area contributed by atoms with Crippen molar-refractivity contribution in [3.8, 4) is 5.69 Å². The average Bonchev–Trinajstić information content (AvgIpc) is 2.69. The number of carbonyl (C=O) groups excluding carboxylic acids is 1. The molecule has 0 saturated carbocycles. The van der Waals surface area contributed by atoms with Crippen LogP contribution in [0.2, 0.25) is 0 Å². The lowest BCUT2D eigenvalue weighted by atomic mass is 10.1. The monoisotopic (exact) mass is 377 g/mol. The molecule has 0 aliphatic carbocycles. The highest BCUT2D eigenvalue weighted by Crippen LogP contribution is 2.23. The van der Waals surface area contributed by atoms with Gasteiger partial charge in [0, 0.05) is 13.5 Å². The number of rotatable bonds is 5. The third-order valence-electron chi connectivity index (χ3n) is 5.36. The third-order valence-corrected chi connectivity index (χ3v) is 5.36. The quantitative estimate of drug-likeness (QED) is 0.665. The van der Waals surface area contributed by atoms with E-state index in [1.54, 1.807) is 22.6 Å². The molecule has 0 N–H and O–H groups in total. The van der Waals surface area contributed by atoms with Gasteiger partial charge in [-0.15, -0.1) is 0 Å². The Morgan fingerprint density at radius 2 is 1.86 bits per heavy atom. The van der Waals surface area contributed by atoms with Gasteiger partial charge in [-0.05, 0) is 62.6 Å². The number of para-hydroxylation sites is 1. The zero-order valence-electron chi connectivity index (χ0n) is 17.2. The summed E-state index contributed by atoms with van der Waals surface area (Å²) < 4.78 is 1.65. The van der Waals surface area contributed by atoms with Crippen molar-refractivity contribution < 1.29 is 4.79 Å². The molecule has 3 rings (SSSR count). The largest absolute Gasteiger partial charge is 0.336 e. The molecule has 0 bridgehead atoms. The maximum absolute atomic E-state index is 13.4. The molecule has 1 heterocycles. The van der Waals surface area contributed by atoms with Crippen molar-refractivity contribution in [3.05, 3.63) is 69.8 Å². The van der Waals surface area contributed by atoms with Crippen molar-refractivity contribution in [1.82, 2.24) is 14.5 Å². The van der Waals surface area contributed by atoms with Gasteiger partial charge in [0.1, 0.15) is 5.82 Å². The fraction of sp³-hybridized carbons (Fsp3) is 0.348. The van der Waals surface area contributed by atoms with Crippen molar-refractivity contribution in [2.45, 2.75) is 46.6 Å². The van der Waals surface area contributed by atoms with Crippen molar-refractivity contribution >= 4 is 16.8 Å². The summed E-state index contributed by atoms with van der Waals surface area (Å²) in [6.07, 6.45) is 1.26. The van der Waals surface area contributed by atoms with E-state index in [0.29, 0.717) is 23.1 Å². The van der Waals surface area contributed by atoms with Crippen LogP contribution in [0.4, 0.5) is 0 Å². The van der Waals surface area contributed by atoms with E-state index in [9.17, 15) is 9.59 Å². The van der Waals surface area contributed by atoms with Crippen molar-refractivity contribution in [3.63, 3.8) is 0 Å². The summed E-state index contributed by atoms with van der Waals surface area (Å²) in [5, 5.41) is 0.569. The van der Waals surface area contributed by atoms with Gasteiger partial charge in [0.15, 0.2) is 0 Å². The third kappa shape index (κ3) is 3.57. The Labute approximate surface area is 165 Å². The first-order chi connectivity index (χ1) is 13.3. The summed E-state index contributed by atoms with van der Waals surface area (Å²) in [6.45, 7) is 7.97. The molecule has 0 spiro atoms. The number of fused-ring (bicyclic) bond motifs is 1. The minimum Gasteiger partial charge on any atom is -0.336 e. The first-order valence-electron chi connectivity index (χ1n) is 9.70. The Morgan fingerprint density at radius 3 is 2.54 bits per heavy atom. The van der Waals surface area contributed by atoms with Gasteiger partial charge >= 0.3 is 0 Å². The van der Waals surface area contributed by atoms with Gasteiger partial charge in [0.2, 0.25) is 5.91 Å². The van der Waals surface area contributed by atoms with Crippen LogP contribution in [-0.4, -0.2) is 27.4 Å². The normalized spacial score (nSPS) is 12.2. The van der Waals surface area contributed by atoms with Crippen LogP contribution in [0.25, 0.3) is 16.6 Å². The number of aryl methyl sites for hydroxylation is 2. The maximum atomic E-state index is 13.4. The van der Waals surface area contributed by atoms with Crippen LogP contribution in [0.5, 0.6) is 0 Å². The molecule has 5 heteroatoms. The molecular formula is C23H27N3O2. The van der Waals surface area contributed by atoms with E-state index in [1.807, 2.05) is 64.1 Å². The molecule has 0 aliphatic rings. The van der Waals surface area contributed by atoms with Crippen LogP contribution in [0, 0.1) is 13.8 Å². The second-order valence-electron chi connectivity index (χ2n) is 7.33. The Kier molecular flexibility index (Phi) is 5.63. The Hall–Kier alpha value is -2.95. The zero-order valence-corrected chi connectivity index (χ0v) is 17.2. The van der Waals surface area contributed by atoms with E-state index in [2.05, 4.69) is 0 Å². The first kappa shape index (κ1) is 19.8. The minimum absolute atomic E-state index is 0.0454. The molecule has 3 aromatic rings. The number of hydrogen-bond acceptors (Lipinski definition) is 3. The Balaban J connectivity index is 2.26. The molecule has 1 amide bonds. The second-order valence-corrected chi connectivity index (χ2v) is 7.33. The number of carbonyl (C=O) groups is 1. The first-order valence-corrected chi connectivity index (χ1v) is 9.70. The highest BCUT2D eigenvalue weighted by Gasteiger charge is 2.23. The smallest absolute Gasteiger partial charge is 0.266 e. The number of amides is 1. The highest BCUT2D eigenvalue weighted by molar-refractivity contribution is 5.78. The molecule has 1 atom stereocenters. The van der Waals surface area contributed by atoms with E-state index in [4.69, 9.17) is 4.98 Å². The number of hydrogen-bond donors (Lipinski definition) is 0. The van der Waals surface area contributed by atoms with Crippen LogP contribution in [0.3, 0.4) is 0 Å². The van der Waals surface area contributed by atoms with E-state index in [0.717, 1.165) is 23.2 Å². The molecule has 0 radical (unpaired) electrons. The fourth-order valence-electron chi connectivity index (χ4n) is 3.32. The summed E-state index contributed by atoms with van der Waals surface area (Å²) in [7, 11) is 1.77. The van der Waals surface area contributed by atoms with Gasteiger partial charge < -0.3 is 4.90 Å². The molecule has 0 fully saturated rings. The van der Waals surface area contributed by atoms with E-state index < -0.39 is 0 Å². The highest BCUT2D eigenvalue weighted by atomic mass is 16.2. The summed E-state index contributed by atoms with van der Waals surface area (Å²) in [6, 6.07) is 13.0. The molecule has 0 aliphatic heterocycles. The van der Waals surface area contributed by atoms with E-state index in [1.165, 1.54) is 0 Å². The summed E-state index contributed by atoms with van der Waals surface area (Å²) >= 11 is 0. The molecule has 1 unspecified atom stereocenters. The molecule has 28 heavy (non-hydrogen) atoms. The van der Waals surface area contributed by atoms with Crippen LogP contribution >= 0.6 is 0 Å². The van der Waals surface area contributed by atoms with Gasteiger partial charge in [-0.2, -0.15) is 0 Å². The van der Waals surface area contributed by atoms with Gasteiger partial charge in [-0.25, -0.2) is 4.98 Å². The number of nitrogens with zero attached hydrogens (tertiary/aromatic N) is 3. The second kappa shape index (κ2) is 7.97. The summed E-state index contributed by atoms with van der Waals surface area (Å²) in [5.74, 6) is 0.614. The molecule has 146 valence electrons. The number of benzene rings is 2. The van der Waals surface area contributed by atoms with Crippen molar-refractivity contribution in [2.75, 3.05) is 7.05 Å². The van der Waals surface area contributed by atoms with Crippen LogP contribution in [0.1, 0.15) is 49.7 Å². The Bertz CT molecular complexity index is 1080. The average molecular weight is 377 g/mol. The van der Waals surface area contributed by atoms with E-state index in [-0.39, 0.29) is 17.5 Å². The molecule has 1 aromatic heterocycles. The predicted octanol–water partition coefficient (Wildman–Crippen LogP) is 4.32.